The van der Waals surface area contributed by atoms with Crippen LogP contribution in [0.5, 0.6) is 11.5 Å². The number of nitrogens with zero attached hydrogens (tertiary/aromatic N) is 1. The maximum absolute atomic E-state index is 5.73. The number of halogens is 1. The van der Waals surface area contributed by atoms with Crippen LogP contribution >= 0.6 is 15.9 Å². The van der Waals surface area contributed by atoms with E-state index >= 15 is 0 Å². The van der Waals surface area contributed by atoms with Crippen molar-refractivity contribution in [3.63, 3.8) is 0 Å². The molecule has 128 valence electrons. The fraction of sp³-hybridized carbons (Fsp3) is 0.667. The van der Waals surface area contributed by atoms with E-state index in [0.717, 1.165) is 42.2 Å². The highest BCUT2D eigenvalue weighted by Gasteiger charge is 2.34. The second kappa shape index (κ2) is 7.86. The summed E-state index contributed by atoms with van der Waals surface area (Å²) in [5.41, 5.74) is 1.28. The quantitative estimate of drug-likeness (QED) is 0.843. The number of hydrogen-bond donors (Lipinski definition) is 1. The van der Waals surface area contributed by atoms with Crippen LogP contribution in [0, 0.1) is 5.92 Å². The molecule has 0 radical (unpaired) electrons. The molecule has 2 fully saturated rings. The van der Waals surface area contributed by atoms with Crippen molar-refractivity contribution in [1.82, 2.24) is 10.2 Å². The van der Waals surface area contributed by atoms with E-state index in [-0.39, 0.29) is 0 Å². The first-order valence-corrected chi connectivity index (χ1v) is 9.40. The highest BCUT2D eigenvalue weighted by molar-refractivity contribution is 9.10. The molecule has 1 saturated heterocycles. The monoisotopic (exact) mass is 382 g/mol. The molecule has 1 aromatic rings. The maximum atomic E-state index is 5.73. The van der Waals surface area contributed by atoms with Crippen LogP contribution in [0.2, 0.25) is 0 Å². The van der Waals surface area contributed by atoms with Gasteiger partial charge in [0.25, 0.3) is 0 Å². The van der Waals surface area contributed by atoms with Crippen LogP contribution in [0.15, 0.2) is 16.6 Å². The number of methoxy groups -OCH3 is 2. The molecule has 1 saturated carbocycles. The number of benzene rings is 1. The van der Waals surface area contributed by atoms with E-state index in [2.05, 4.69) is 38.3 Å². The van der Waals surface area contributed by atoms with Crippen LogP contribution < -0.4 is 14.8 Å². The molecule has 1 atom stereocenters. The molecule has 1 N–H and O–H groups in total. The van der Waals surface area contributed by atoms with Crippen molar-refractivity contribution in [3.8, 4) is 11.5 Å². The summed E-state index contributed by atoms with van der Waals surface area (Å²) in [6, 6.07) is 4.66. The summed E-state index contributed by atoms with van der Waals surface area (Å²) in [5, 5.41) is 3.47. The second-order valence-electron chi connectivity index (χ2n) is 6.50. The third-order valence-electron chi connectivity index (χ3n) is 5.21. The van der Waals surface area contributed by atoms with E-state index in [9.17, 15) is 0 Å². The average molecular weight is 383 g/mol. The standard InChI is InChI=1S/C18H27BrN2O2/c1-22-16-12-15(19)17(23-2)11-14(16)18(13-5-3-4-6-13)21-9-7-20-8-10-21/h11-13,18,20H,3-10H2,1-2H3/t18-/m1/s1. The number of rotatable bonds is 5. The van der Waals surface area contributed by atoms with Crippen LogP contribution in [-0.4, -0.2) is 45.3 Å². The Morgan fingerprint density at radius 3 is 2.35 bits per heavy atom. The van der Waals surface area contributed by atoms with Gasteiger partial charge in [-0.25, -0.2) is 0 Å². The Kier molecular flexibility index (Phi) is 5.83. The van der Waals surface area contributed by atoms with Gasteiger partial charge in [-0.05, 0) is 46.8 Å². The summed E-state index contributed by atoms with van der Waals surface area (Å²) in [4.78, 5) is 2.64. The molecule has 0 spiro atoms. The largest absolute Gasteiger partial charge is 0.496 e. The Morgan fingerprint density at radius 1 is 1.09 bits per heavy atom. The summed E-state index contributed by atoms with van der Waals surface area (Å²) >= 11 is 3.58. The normalized spacial score (nSPS) is 21.3. The second-order valence-corrected chi connectivity index (χ2v) is 7.36. The Balaban J connectivity index is 2.00. The van der Waals surface area contributed by atoms with Gasteiger partial charge in [0, 0.05) is 37.8 Å². The number of piperazine rings is 1. The fourth-order valence-electron chi connectivity index (χ4n) is 4.10. The van der Waals surface area contributed by atoms with Gasteiger partial charge in [0.1, 0.15) is 11.5 Å². The highest BCUT2D eigenvalue weighted by atomic mass is 79.9. The number of ether oxygens (including phenoxy) is 2. The Bertz CT molecular complexity index is 526. The number of nitrogens with one attached hydrogen (secondary N) is 1. The van der Waals surface area contributed by atoms with Gasteiger partial charge in [-0.1, -0.05) is 12.8 Å². The van der Waals surface area contributed by atoms with Crippen LogP contribution in [0.25, 0.3) is 0 Å². The molecule has 0 amide bonds. The summed E-state index contributed by atoms with van der Waals surface area (Å²) in [6.07, 6.45) is 5.33. The van der Waals surface area contributed by atoms with E-state index < -0.39 is 0 Å². The Hall–Kier alpha value is -0.780. The fourth-order valence-corrected chi connectivity index (χ4v) is 4.58. The smallest absolute Gasteiger partial charge is 0.133 e. The first-order chi connectivity index (χ1) is 11.2. The summed E-state index contributed by atoms with van der Waals surface area (Å²) in [7, 11) is 3.49. The van der Waals surface area contributed by atoms with Gasteiger partial charge in [-0.15, -0.1) is 0 Å². The molecule has 3 rings (SSSR count). The van der Waals surface area contributed by atoms with Crippen LogP contribution in [-0.2, 0) is 0 Å². The maximum Gasteiger partial charge on any atom is 0.133 e. The molecule has 2 aliphatic rings. The van der Waals surface area contributed by atoms with E-state index in [4.69, 9.17) is 9.47 Å². The van der Waals surface area contributed by atoms with Gasteiger partial charge in [0.2, 0.25) is 0 Å². The van der Waals surface area contributed by atoms with Gasteiger partial charge in [0.15, 0.2) is 0 Å². The van der Waals surface area contributed by atoms with Crippen LogP contribution in [0.4, 0.5) is 0 Å². The topological polar surface area (TPSA) is 33.7 Å². The highest BCUT2D eigenvalue weighted by Crippen LogP contribution is 2.45. The molecular weight excluding hydrogens is 356 g/mol. The molecule has 5 heteroatoms. The minimum atomic E-state index is 0.427. The molecule has 1 heterocycles. The predicted octanol–water partition coefficient (Wildman–Crippen LogP) is 3.60. The molecule has 1 aromatic carbocycles. The third kappa shape index (κ3) is 3.67. The van der Waals surface area contributed by atoms with Crippen molar-refractivity contribution >= 4 is 15.9 Å². The summed E-state index contributed by atoms with van der Waals surface area (Å²) < 4.78 is 12.2. The average Bonchev–Trinajstić information content (AvgIpc) is 3.11. The van der Waals surface area contributed by atoms with E-state index in [1.54, 1.807) is 14.2 Å². The lowest BCUT2D eigenvalue weighted by Gasteiger charge is -2.39. The first-order valence-electron chi connectivity index (χ1n) is 8.60. The van der Waals surface area contributed by atoms with Gasteiger partial charge in [0.05, 0.1) is 18.7 Å². The minimum absolute atomic E-state index is 0.427. The van der Waals surface area contributed by atoms with E-state index in [1.165, 1.54) is 31.2 Å². The zero-order valence-electron chi connectivity index (χ0n) is 14.1. The van der Waals surface area contributed by atoms with Crippen molar-refractivity contribution in [3.05, 3.63) is 22.2 Å². The lowest BCUT2D eigenvalue weighted by atomic mass is 9.89. The Labute approximate surface area is 147 Å². The van der Waals surface area contributed by atoms with Crippen molar-refractivity contribution in [2.24, 2.45) is 5.92 Å². The summed E-state index contributed by atoms with van der Waals surface area (Å²) in [6.45, 7) is 4.34. The molecule has 23 heavy (non-hydrogen) atoms. The molecular formula is C18H27BrN2O2. The molecule has 1 aliphatic carbocycles. The van der Waals surface area contributed by atoms with Crippen molar-refractivity contribution in [1.29, 1.82) is 0 Å². The van der Waals surface area contributed by atoms with Gasteiger partial charge >= 0.3 is 0 Å². The van der Waals surface area contributed by atoms with Crippen molar-refractivity contribution in [2.75, 3.05) is 40.4 Å². The Morgan fingerprint density at radius 2 is 1.74 bits per heavy atom. The lowest BCUT2D eigenvalue weighted by Crippen LogP contribution is -2.46. The molecule has 0 bridgehead atoms. The minimum Gasteiger partial charge on any atom is -0.496 e. The molecule has 0 unspecified atom stereocenters. The van der Waals surface area contributed by atoms with Gasteiger partial charge in [-0.3, -0.25) is 4.90 Å². The molecule has 0 aromatic heterocycles. The van der Waals surface area contributed by atoms with Crippen molar-refractivity contribution in [2.45, 2.75) is 31.7 Å². The van der Waals surface area contributed by atoms with Gasteiger partial charge < -0.3 is 14.8 Å². The zero-order valence-corrected chi connectivity index (χ0v) is 15.7. The molecule has 4 nitrogen and oxygen atoms in total. The van der Waals surface area contributed by atoms with Crippen LogP contribution in [0.1, 0.15) is 37.3 Å². The number of hydrogen-bond acceptors (Lipinski definition) is 4. The summed E-state index contributed by atoms with van der Waals surface area (Å²) in [5.74, 6) is 2.57. The van der Waals surface area contributed by atoms with E-state index in [1.807, 2.05) is 0 Å². The van der Waals surface area contributed by atoms with Crippen LogP contribution in [0.3, 0.4) is 0 Å². The lowest BCUT2D eigenvalue weighted by molar-refractivity contribution is 0.123. The third-order valence-corrected chi connectivity index (χ3v) is 5.83. The predicted molar refractivity (Wildman–Crippen MR) is 96.4 cm³/mol. The first kappa shape index (κ1) is 17.1. The van der Waals surface area contributed by atoms with E-state index in [0.29, 0.717) is 12.0 Å². The molecule has 1 aliphatic heterocycles. The zero-order chi connectivity index (χ0) is 16.2. The SMILES string of the molecule is COc1cc([C@@H](C2CCCC2)N2CCNCC2)c(OC)cc1Br. The van der Waals surface area contributed by atoms with Crippen molar-refractivity contribution < 1.29 is 9.47 Å². The van der Waals surface area contributed by atoms with Gasteiger partial charge in [-0.2, -0.15) is 0 Å².